The van der Waals surface area contributed by atoms with Crippen LogP contribution in [0.4, 0.5) is 6.01 Å². The number of anilines is 1. The van der Waals surface area contributed by atoms with Crippen molar-refractivity contribution in [3.63, 3.8) is 0 Å². The number of piperazine rings is 1. The molecule has 0 spiro atoms. The lowest BCUT2D eigenvalue weighted by Gasteiger charge is -2.34. The fourth-order valence-electron chi connectivity index (χ4n) is 4.00. The van der Waals surface area contributed by atoms with Crippen LogP contribution in [-0.4, -0.2) is 71.0 Å². The van der Waals surface area contributed by atoms with Crippen LogP contribution in [0.3, 0.4) is 0 Å². The number of nitrogens with zero attached hydrogens (tertiary/aromatic N) is 4. The number of hydrogen-bond acceptors (Lipinski definition) is 7. The van der Waals surface area contributed by atoms with E-state index in [1.807, 2.05) is 43.0 Å². The Hall–Kier alpha value is -3.13. The van der Waals surface area contributed by atoms with E-state index in [-0.39, 0.29) is 12.0 Å². The van der Waals surface area contributed by atoms with Crippen LogP contribution in [0.15, 0.2) is 34.9 Å². The number of carbonyl (C=O) groups excluding carboxylic acids is 1. The van der Waals surface area contributed by atoms with Crippen LogP contribution in [0.25, 0.3) is 22.4 Å². The summed E-state index contributed by atoms with van der Waals surface area (Å²) in [6.45, 7) is 15.5. The number of aromatic nitrogens is 2. The molecule has 3 heterocycles. The average Bonchev–Trinajstić information content (AvgIpc) is 3.25. The lowest BCUT2D eigenvalue weighted by molar-refractivity contribution is 0.0643. The molecule has 0 atom stereocenters. The van der Waals surface area contributed by atoms with Gasteiger partial charge in [-0.1, -0.05) is 20.8 Å². The highest BCUT2D eigenvalue weighted by Crippen LogP contribution is 2.34. The summed E-state index contributed by atoms with van der Waals surface area (Å²) in [7, 11) is 0. The molecule has 1 aromatic carbocycles. The Bertz CT molecular complexity index is 1120. The lowest BCUT2D eigenvalue weighted by Crippen LogP contribution is -2.48. The summed E-state index contributed by atoms with van der Waals surface area (Å²) in [5.41, 5.74) is 3.54. The number of pyridine rings is 1. The number of benzene rings is 1. The smallest absolute Gasteiger partial charge is 0.295 e. The number of nitrogens with one attached hydrogen (secondary N) is 1. The Morgan fingerprint density at radius 3 is 2.53 bits per heavy atom. The van der Waals surface area contributed by atoms with Gasteiger partial charge < -0.3 is 24.3 Å². The van der Waals surface area contributed by atoms with Gasteiger partial charge in [0.05, 0.1) is 17.4 Å². The largest absolute Gasteiger partial charge is 0.487 e. The van der Waals surface area contributed by atoms with Gasteiger partial charge in [-0.3, -0.25) is 9.78 Å². The third-order valence-electron chi connectivity index (χ3n) is 5.89. The lowest BCUT2D eigenvalue weighted by atomic mass is 10.1. The van der Waals surface area contributed by atoms with Crippen molar-refractivity contribution in [2.24, 2.45) is 5.92 Å². The first-order valence-electron chi connectivity index (χ1n) is 12.2. The predicted molar refractivity (Wildman–Crippen MR) is 134 cm³/mol. The van der Waals surface area contributed by atoms with Crippen molar-refractivity contribution in [1.29, 1.82) is 0 Å². The second-order valence-corrected chi connectivity index (χ2v) is 9.44. The molecule has 1 fully saturated rings. The van der Waals surface area contributed by atoms with Gasteiger partial charge in [0.25, 0.3) is 11.9 Å². The van der Waals surface area contributed by atoms with E-state index in [0.29, 0.717) is 34.3 Å². The molecule has 1 aliphatic rings. The summed E-state index contributed by atoms with van der Waals surface area (Å²) in [4.78, 5) is 26.4. The maximum Gasteiger partial charge on any atom is 0.295 e. The summed E-state index contributed by atoms with van der Waals surface area (Å²) < 4.78 is 12.0. The van der Waals surface area contributed by atoms with Crippen molar-refractivity contribution in [3.8, 4) is 17.0 Å². The summed E-state index contributed by atoms with van der Waals surface area (Å²) >= 11 is 0. The quantitative estimate of drug-likeness (QED) is 0.523. The highest BCUT2D eigenvalue weighted by atomic mass is 16.5. The van der Waals surface area contributed by atoms with Crippen LogP contribution < -0.4 is 10.1 Å². The molecule has 3 aromatic rings. The van der Waals surface area contributed by atoms with E-state index in [0.717, 1.165) is 50.5 Å². The Balaban J connectivity index is 1.58. The molecule has 0 unspecified atom stereocenters. The molecule has 2 aromatic heterocycles. The van der Waals surface area contributed by atoms with E-state index in [4.69, 9.17) is 9.15 Å². The number of amides is 1. The zero-order chi connectivity index (χ0) is 24.2. The molecule has 4 rings (SSSR count). The first-order valence-corrected chi connectivity index (χ1v) is 12.2. The number of fused-ring (bicyclic) bond motifs is 1. The van der Waals surface area contributed by atoms with Crippen LogP contribution in [0, 0.1) is 5.92 Å². The van der Waals surface area contributed by atoms with Crippen molar-refractivity contribution in [2.75, 3.05) is 44.6 Å². The molecule has 8 heteroatoms. The van der Waals surface area contributed by atoms with E-state index in [2.05, 4.69) is 41.0 Å². The van der Waals surface area contributed by atoms with Gasteiger partial charge in [0.1, 0.15) is 5.52 Å². The summed E-state index contributed by atoms with van der Waals surface area (Å²) in [6, 6.07) is 8.08. The number of rotatable bonds is 8. The Morgan fingerprint density at radius 2 is 1.91 bits per heavy atom. The zero-order valence-corrected chi connectivity index (χ0v) is 20.8. The van der Waals surface area contributed by atoms with Gasteiger partial charge in [0.2, 0.25) is 0 Å². The average molecular weight is 466 g/mol. The van der Waals surface area contributed by atoms with Gasteiger partial charge in [-0.15, -0.1) is 0 Å². The van der Waals surface area contributed by atoms with Gasteiger partial charge in [0.15, 0.2) is 11.3 Å². The second kappa shape index (κ2) is 10.4. The molecule has 1 aliphatic heterocycles. The van der Waals surface area contributed by atoms with Crippen LogP contribution in [0.5, 0.6) is 5.75 Å². The molecular weight excluding hydrogens is 430 g/mol. The molecular formula is C26H35N5O3. The van der Waals surface area contributed by atoms with E-state index >= 15 is 0 Å². The molecule has 0 saturated carbocycles. The number of likely N-dealkylation sites (N-methyl/N-ethyl adjacent to an activating group) is 1. The van der Waals surface area contributed by atoms with Crippen LogP contribution in [0.1, 0.15) is 45.0 Å². The molecule has 1 amide bonds. The summed E-state index contributed by atoms with van der Waals surface area (Å²) in [5, 5.41) is 3.24. The zero-order valence-electron chi connectivity index (χ0n) is 20.8. The maximum atomic E-state index is 12.9. The van der Waals surface area contributed by atoms with Crippen molar-refractivity contribution in [1.82, 2.24) is 19.8 Å². The SMILES string of the molecule is CCN1CCN(C(=O)c2ccc(-c3cc(OC(C)C)c4oc(NCC(C)C)nc4c3)nc2)CC1. The van der Waals surface area contributed by atoms with Gasteiger partial charge >= 0.3 is 0 Å². The van der Waals surface area contributed by atoms with Crippen molar-refractivity contribution in [2.45, 2.75) is 40.7 Å². The fraction of sp³-hybridized carbons (Fsp3) is 0.500. The Morgan fingerprint density at radius 1 is 1.15 bits per heavy atom. The molecule has 1 saturated heterocycles. The molecule has 8 nitrogen and oxygen atoms in total. The van der Waals surface area contributed by atoms with E-state index in [1.165, 1.54) is 0 Å². The summed E-state index contributed by atoms with van der Waals surface area (Å²) in [6.07, 6.45) is 1.65. The first-order chi connectivity index (χ1) is 16.3. The monoisotopic (exact) mass is 465 g/mol. The third kappa shape index (κ3) is 5.50. The number of hydrogen-bond donors (Lipinski definition) is 1. The van der Waals surface area contributed by atoms with E-state index in [1.54, 1.807) is 6.20 Å². The second-order valence-electron chi connectivity index (χ2n) is 9.44. The highest BCUT2D eigenvalue weighted by molar-refractivity contribution is 5.94. The normalized spacial score (nSPS) is 14.9. The molecule has 1 N–H and O–H groups in total. The van der Waals surface area contributed by atoms with Gasteiger partial charge in [-0.25, -0.2) is 0 Å². The molecule has 0 bridgehead atoms. The molecule has 34 heavy (non-hydrogen) atoms. The van der Waals surface area contributed by atoms with Crippen molar-refractivity contribution >= 4 is 23.0 Å². The first kappa shape index (κ1) is 24.0. The highest BCUT2D eigenvalue weighted by Gasteiger charge is 2.22. The van der Waals surface area contributed by atoms with E-state index < -0.39 is 0 Å². The van der Waals surface area contributed by atoms with E-state index in [9.17, 15) is 4.79 Å². The van der Waals surface area contributed by atoms with Gasteiger partial charge in [0, 0.05) is 44.5 Å². The number of ether oxygens (including phenoxy) is 1. The standard InChI is InChI=1S/C26H35N5O3/c1-6-30-9-11-31(12-10-30)25(32)19-7-8-21(27-16-19)20-13-22-24(23(14-20)33-18(4)5)34-26(29-22)28-15-17(2)3/h7-8,13-14,16-18H,6,9-12,15H2,1-5H3,(H,28,29). The topological polar surface area (TPSA) is 83.7 Å². The summed E-state index contributed by atoms with van der Waals surface area (Å²) in [5.74, 6) is 1.13. The van der Waals surface area contributed by atoms with Crippen molar-refractivity contribution in [3.05, 3.63) is 36.0 Å². The molecule has 0 radical (unpaired) electrons. The van der Waals surface area contributed by atoms with Crippen LogP contribution in [0.2, 0.25) is 0 Å². The predicted octanol–water partition coefficient (Wildman–Crippen LogP) is 4.52. The molecule has 182 valence electrons. The fourth-order valence-corrected chi connectivity index (χ4v) is 4.00. The minimum Gasteiger partial charge on any atom is -0.487 e. The Kier molecular flexibility index (Phi) is 7.36. The number of carbonyl (C=O) groups is 1. The Labute approximate surface area is 201 Å². The van der Waals surface area contributed by atoms with Crippen LogP contribution in [-0.2, 0) is 0 Å². The maximum absolute atomic E-state index is 12.9. The van der Waals surface area contributed by atoms with Crippen LogP contribution >= 0.6 is 0 Å². The van der Waals surface area contributed by atoms with Gasteiger partial charge in [-0.2, -0.15) is 4.98 Å². The minimum atomic E-state index is -0.0169. The third-order valence-corrected chi connectivity index (χ3v) is 5.89. The number of oxazole rings is 1. The minimum absolute atomic E-state index is 0.0169. The molecule has 0 aliphatic carbocycles. The van der Waals surface area contributed by atoms with Gasteiger partial charge in [-0.05, 0) is 50.6 Å². The van der Waals surface area contributed by atoms with Crippen molar-refractivity contribution < 1.29 is 13.9 Å².